The number of aryl methyl sites for hydroxylation is 3. The number of halogens is 2. The molecule has 0 fully saturated rings. The molecule has 0 unspecified atom stereocenters. The summed E-state index contributed by atoms with van der Waals surface area (Å²) in [5.41, 5.74) is 4.86. The van der Waals surface area contributed by atoms with Gasteiger partial charge in [0.25, 0.3) is 0 Å². The molecule has 4 aromatic heterocycles. The maximum Gasteiger partial charge on any atom is 0.246 e. The van der Waals surface area contributed by atoms with E-state index in [1.165, 1.54) is 8.61 Å². The molecule has 4 aromatic carbocycles. The SMILES string of the molecule is CCc1cccc(OC)c1-n1c(-c2ccco2)nnc1N(CC[Si](C)(C)C)S(=O)(=O)CCc1ccc(Cl)cc1.COc1cccc(CO[Si](C)(C)C(C)(C)C)c1-n1c(-c2ccco2)nnc1N(CC[Si](C)(C)C)S(=O)(=O)CCc1ccc(Cl)cc1. The highest BCUT2D eigenvalue weighted by Gasteiger charge is 2.39. The molecular weight excluding hydrogens is 1210 g/mol. The summed E-state index contributed by atoms with van der Waals surface area (Å²) in [4.78, 5) is 0. The van der Waals surface area contributed by atoms with E-state index >= 15 is 0 Å². The highest BCUT2D eigenvalue weighted by atomic mass is 35.5. The predicted molar refractivity (Wildman–Crippen MR) is 351 cm³/mol. The predicted octanol–water partition coefficient (Wildman–Crippen LogP) is 14.9. The molecule has 24 heteroatoms. The van der Waals surface area contributed by atoms with E-state index < -0.39 is 44.5 Å². The Morgan fingerprint density at radius 1 is 0.553 bits per heavy atom. The van der Waals surface area contributed by atoms with Crippen molar-refractivity contribution in [3.05, 3.63) is 154 Å². The van der Waals surface area contributed by atoms with Gasteiger partial charge in [-0.2, -0.15) is 0 Å². The summed E-state index contributed by atoms with van der Waals surface area (Å²) in [5.74, 6) is 3.01. The number of anilines is 2. The summed E-state index contributed by atoms with van der Waals surface area (Å²) in [6, 6.07) is 34.6. The number of rotatable bonds is 26. The summed E-state index contributed by atoms with van der Waals surface area (Å²) in [5, 5.41) is 19.2. The fraction of sp³-hybridized carbons (Fsp3) is 0.410. The van der Waals surface area contributed by atoms with Crippen molar-refractivity contribution < 1.29 is 39.6 Å². The Balaban J connectivity index is 0.000000247. The van der Waals surface area contributed by atoms with Crippen molar-refractivity contribution in [2.75, 3.05) is 47.4 Å². The molecule has 0 aliphatic carbocycles. The Kier molecular flexibility index (Phi) is 21.8. The molecule has 0 aliphatic rings. The molecule has 8 rings (SSSR count). The molecule has 0 aliphatic heterocycles. The summed E-state index contributed by atoms with van der Waals surface area (Å²) in [6.45, 7) is 27.2. The number of sulfonamides is 2. The van der Waals surface area contributed by atoms with Crippen LogP contribution in [0.4, 0.5) is 11.9 Å². The molecule has 0 N–H and O–H groups in total. The zero-order chi connectivity index (χ0) is 62.1. The van der Waals surface area contributed by atoms with E-state index in [2.05, 4.69) is 93.5 Å². The van der Waals surface area contributed by atoms with Crippen LogP contribution >= 0.6 is 23.2 Å². The van der Waals surface area contributed by atoms with Gasteiger partial charge >= 0.3 is 0 Å². The fourth-order valence-corrected chi connectivity index (χ4v) is 15.1. The lowest BCUT2D eigenvalue weighted by Crippen LogP contribution is -2.40. The van der Waals surface area contributed by atoms with Gasteiger partial charge in [0.2, 0.25) is 43.6 Å². The van der Waals surface area contributed by atoms with Gasteiger partial charge in [-0.25, -0.2) is 25.4 Å². The minimum absolute atomic E-state index is 0.00110. The first-order chi connectivity index (χ1) is 40.0. The maximum atomic E-state index is 14.3. The van der Waals surface area contributed by atoms with Crippen molar-refractivity contribution in [2.45, 2.75) is 123 Å². The van der Waals surface area contributed by atoms with E-state index in [4.69, 9.17) is 45.9 Å². The van der Waals surface area contributed by atoms with Crippen LogP contribution in [0, 0.1) is 0 Å². The van der Waals surface area contributed by atoms with Crippen LogP contribution in [0.15, 0.2) is 131 Å². The maximum absolute atomic E-state index is 14.3. The largest absolute Gasteiger partial charge is 0.495 e. The zero-order valence-electron chi connectivity index (χ0n) is 51.4. The van der Waals surface area contributed by atoms with E-state index in [0.717, 1.165) is 34.3 Å². The van der Waals surface area contributed by atoms with Crippen LogP contribution in [0.2, 0.25) is 79.5 Å². The molecule has 0 spiro atoms. The Morgan fingerprint density at radius 2 is 0.953 bits per heavy atom. The third-order valence-corrected chi connectivity index (χ3v) is 26.9. The average Bonchev–Trinajstić information content (AvgIpc) is 2.01. The van der Waals surface area contributed by atoms with Gasteiger partial charge in [-0.3, -0.25) is 9.13 Å². The molecule has 0 saturated carbocycles. The van der Waals surface area contributed by atoms with Crippen LogP contribution in [0.5, 0.6) is 11.5 Å². The second-order valence-electron chi connectivity index (χ2n) is 24.8. The van der Waals surface area contributed by atoms with Crippen molar-refractivity contribution in [2.24, 2.45) is 0 Å². The van der Waals surface area contributed by atoms with Crippen LogP contribution in [0.25, 0.3) is 34.5 Å². The van der Waals surface area contributed by atoms with E-state index in [0.29, 0.717) is 88.5 Å². The zero-order valence-corrected chi connectivity index (χ0v) is 57.6. The summed E-state index contributed by atoms with van der Waals surface area (Å²) in [6.07, 6.45) is 4.48. The van der Waals surface area contributed by atoms with Gasteiger partial charge in [0.1, 0.15) is 11.5 Å². The Labute approximate surface area is 515 Å². The average molecular weight is 1290 g/mol. The van der Waals surface area contributed by atoms with Gasteiger partial charge in [0.15, 0.2) is 19.8 Å². The smallest absolute Gasteiger partial charge is 0.246 e. The van der Waals surface area contributed by atoms with Crippen LogP contribution in [0.1, 0.15) is 49.9 Å². The molecule has 0 atom stereocenters. The number of nitrogens with zero attached hydrogens (tertiary/aromatic N) is 8. The van der Waals surface area contributed by atoms with Crippen molar-refractivity contribution in [3.63, 3.8) is 0 Å². The lowest BCUT2D eigenvalue weighted by Gasteiger charge is -2.36. The van der Waals surface area contributed by atoms with E-state index in [1.54, 1.807) is 84.4 Å². The molecule has 0 saturated heterocycles. The van der Waals surface area contributed by atoms with Crippen molar-refractivity contribution in [1.29, 1.82) is 0 Å². The first kappa shape index (κ1) is 66.5. The first-order valence-corrected chi connectivity index (χ1v) is 42.7. The van der Waals surface area contributed by atoms with Gasteiger partial charge < -0.3 is 22.7 Å². The number of benzene rings is 4. The molecular formula is C61H82Cl2N8O9S2Si3. The topological polar surface area (TPSA) is 190 Å². The van der Waals surface area contributed by atoms with Gasteiger partial charge in [-0.05, 0) is 127 Å². The highest BCUT2D eigenvalue weighted by Crippen LogP contribution is 2.41. The minimum atomic E-state index is -3.88. The third kappa shape index (κ3) is 17.0. The van der Waals surface area contributed by atoms with E-state index in [1.807, 2.05) is 67.6 Å². The number of para-hydroxylation sites is 2. The highest BCUT2D eigenvalue weighted by molar-refractivity contribution is 7.93. The molecule has 0 bridgehead atoms. The molecule has 458 valence electrons. The van der Waals surface area contributed by atoms with Crippen molar-refractivity contribution in [3.8, 4) is 46.0 Å². The number of methoxy groups -OCH3 is 2. The fourth-order valence-electron chi connectivity index (χ4n) is 8.88. The molecule has 0 radical (unpaired) electrons. The van der Waals surface area contributed by atoms with E-state index in [9.17, 15) is 16.8 Å². The summed E-state index contributed by atoms with van der Waals surface area (Å²) < 4.78 is 93.0. The van der Waals surface area contributed by atoms with Crippen molar-refractivity contribution >= 4 is 79.6 Å². The van der Waals surface area contributed by atoms with Crippen LogP contribution in [0.3, 0.4) is 0 Å². The summed E-state index contributed by atoms with van der Waals surface area (Å²) in [7, 11) is -9.94. The summed E-state index contributed by atoms with van der Waals surface area (Å²) >= 11 is 12.1. The number of hydrogen-bond acceptors (Lipinski definition) is 13. The van der Waals surface area contributed by atoms with Gasteiger partial charge in [0, 0.05) is 44.8 Å². The second kappa shape index (κ2) is 27.8. The van der Waals surface area contributed by atoms with Crippen LogP contribution in [-0.4, -0.2) is 110 Å². The normalized spacial score (nSPS) is 12.5. The Bertz CT molecular complexity index is 3670. The monoisotopic (exact) mass is 1290 g/mol. The molecule has 4 heterocycles. The quantitative estimate of drug-likeness (QED) is 0.0466. The standard InChI is InChI=1S/C33H47ClN4O5SSi2.C28H35ClN4O4SSi/c1-33(2,3)46(8,9)43-24-26-12-10-13-28(41-4)30(26)38-31(29-14-11-21-42-29)35-36-32(38)37(20-23-45(5,6)7)44(39,40)22-19-25-15-17-27(34)18-16-25;1-6-22-9-7-10-24(36-2)26(22)33-27(25-11-8-18-37-25)30-31-28(33)32(17-20-39(3,4)5)38(34,35)19-16-21-12-14-23(29)15-13-21/h10-18,21H,19-20,22-24H2,1-9H3;7-15,18H,6,16-17,19-20H2,1-5H3. The van der Waals surface area contributed by atoms with Gasteiger partial charge in [-0.1, -0.05) is 139 Å². The Morgan fingerprint density at radius 3 is 1.31 bits per heavy atom. The van der Waals surface area contributed by atoms with Crippen LogP contribution in [-0.2, 0) is 50.3 Å². The third-order valence-electron chi connectivity index (χ3n) is 15.0. The lowest BCUT2D eigenvalue weighted by atomic mass is 10.1. The molecule has 17 nitrogen and oxygen atoms in total. The molecule has 8 aromatic rings. The second-order valence-corrected chi connectivity index (χ2v) is 45.7. The molecule has 85 heavy (non-hydrogen) atoms. The van der Waals surface area contributed by atoms with Crippen molar-refractivity contribution in [1.82, 2.24) is 29.5 Å². The first-order valence-electron chi connectivity index (χ1n) is 28.4. The van der Waals surface area contributed by atoms with Gasteiger partial charge in [0.05, 0.1) is 56.2 Å². The minimum Gasteiger partial charge on any atom is -0.495 e. The molecule has 0 amide bonds. The number of hydrogen-bond donors (Lipinski definition) is 0. The lowest BCUT2D eigenvalue weighted by molar-refractivity contribution is 0.275. The van der Waals surface area contributed by atoms with Crippen LogP contribution < -0.4 is 18.1 Å². The Hall–Kier alpha value is -5.99. The number of furan rings is 2. The van der Waals surface area contributed by atoms with Gasteiger partial charge in [-0.15, -0.1) is 20.4 Å². The number of aromatic nitrogens is 6. The number of ether oxygens (including phenoxy) is 2. The van der Waals surface area contributed by atoms with E-state index in [-0.39, 0.29) is 35.0 Å².